The average molecular weight is 332 g/mol. The molecular formula is C19H20N6. The van der Waals surface area contributed by atoms with Crippen molar-refractivity contribution in [3.8, 4) is 11.1 Å². The van der Waals surface area contributed by atoms with Crippen LogP contribution in [0.25, 0.3) is 16.8 Å². The lowest BCUT2D eigenvalue weighted by molar-refractivity contribution is 0.803. The third-order valence-corrected chi connectivity index (χ3v) is 4.30. The Hall–Kier alpha value is -3.15. The van der Waals surface area contributed by atoms with Crippen LogP contribution in [0.1, 0.15) is 17.2 Å². The van der Waals surface area contributed by atoms with Crippen molar-refractivity contribution in [3.05, 3.63) is 66.0 Å². The maximum atomic E-state index is 4.74. The molecule has 0 saturated carbocycles. The van der Waals surface area contributed by atoms with Gasteiger partial charge in [-0.15, -0.1) is 0 Å². The van der Waals surface area contributed by atoms with Gasteiger partial charge in [-0.3, -0.25) is 0 Å². The maximum Gasteiger partial charge on any atom is 0.165 e. The van der Waals surface area contributed by atoms with Crippen molar-refractivity contribution in [2.24, 2.45) is 7.05 Å². The highest BCUT2D eigenvalue weighted by molar-refractivity contribution is 5.80. The average Bonchev–Trinajstić information content (AvgIpc) is 3.16. The van der Waals surface area contributed by atoms with Crippen molar-refractivity contribution >= 4 is 11.5 Å². The van der Waals surface area contributed by atoms with Gasteiger partial charge in [0, 0.05) is 36.8 Å². The summed E-state index contributed by atoms with van der Waals surface area (Å²) in [6.07, 6.45) is 3.74. The molecule has 6 nitrogen and oxygen atoms in total. The zero-order valence-electron chi connectivity index (χ0n) is 14.6. The van der Waals surface area contributed by atoms with E-state index in [0.29, 0.717) is 6.54 Å². The second-order valence-corrected chi connectivity index (χ2v) is 6.15. The first-order chi connectivity index (χ1) is 12.1. The number of aryl methyl sites for hydroxylation is 3. The van der Waals surface area contributed by atoms with Crippen LogP contribution in [0.5, 0.6) is 0 Å². The summed E-state index contributed by atoms with van der Waals surface area (Å²) in [5, 5.41) is 8.16. The predicted molar refractivity (Wildman–Crippen MR) is 98.4 cm³/mol. The van der Waals surface area contributed by atoms with Crippen molar-refractivity contribution < 1.29 is 0 Å². The predicted octanol–water partition coefficient (Wildman–Crippen LogP) is 3.36. The third-order valence-electron chi connectivity index (χ3n) is 4.30. The van der Waals surface area contributed by atoms with Crippen LogP contribution in [0, 0.1) is 13.8 Å². The number of rotatable bonds is 4. The Morgan fingerprint density at radius 2 is 1.92 bits per heavy atom. The van der Waals surface area contributed by atoms with E-state index in [0.717, 1.165) is 39.8 Å². The summed E-state index contributed by atoms with van der Waals surface area (Å²) < 4.78 is 3.88. The molecule has 0 unspecified atom stereocenters. The number of anilines is 1. The Kier molecular flexibility index (Phi) is 3.72. The van der Waals surface area contributed by atoms with Gasteiger partial charge in [-0.25, -0.2) is 9.97 Å². The topological polar surface area (TPSA) is 60.0 Å². The molecule has 3 aromatic heterocycles. The molecule has 1 N–H and O–H groups in total. The highest BCUT2D eigenvalue weighted by Gasteiger charge is 2.16. The highest BCUT2D eigenvalue weighted by Crippen LogP contribution is 2.29. The summed E-state index contributed by atoms with van der Waals surface area (Å²) in [4.78, 5) is 9.09. The van der Waals surface area contributed by atoms with Crippen molar-refractivity contribution in [2.45, 2.75) is 20.4 Å². The fourth-order valence-electron chi connectivity index (χ4n) is 3.05. The fourth-order valence-corrected chi connectivity index (χ4v) is 3.05. The van der Waals surface area contributed by atoms with E-state index in [2.05, 4.69) is 22.4 Å². The summed E-state index contributed by atoms with van der Waals surface area (Å²) in [6.45, 7) is 4.65. The van der Waals surface area contributed by atoms with Gasteiger partial charge in [-0.1, -0.05) is 30.3 Å². The van der Waals surface area contributed by atoms with Crippen molar-refractivity contribution in [1.29, 1.82) is 0 Å². The lowest BCUT2D eigenvalue weighted by atomic mass is 10.1. The lowest BCUT2D eigenvalue weighted by Crippen LogP contribution is -2.10. The first-order valence-electron chi connectivity index (χ1n) is 8.26. The first kappa shape index (κ1) is 15.4. The molecule has 0 aliphatic heterocycles. The lowest BCUT2D eigenvalue weighted by Gasteiger charge is -2.10. The first-order valence-corrected chi connectivity index (χ1v) is 8.26. The molecule has 0 fully saturated rings. The molecule has 1 aromatic carbocycles. The molecule has 6 heteroatoms. The van der Waals surface area contributed by atoms with Gasteiger partial charge >= 0.3 is 0 Å². The minimum Gasteiger partial charge on any atom is -0.363 e. The van der Waals surface area contributed by atoms with E-state index in [4.69, 9.17) is 10.1 Å². The second-order valence-electron chi connectivity index (χ2n) is 6.15. The van der Waals surface area contributed by atoms with Crippen LogP contribution in [0.2, 0.25) is 0 Å². The molecule has 0 aliphatic carbocycles. The van der Waals surface area contributed by atoms with E-state index < -0.39 is 0 Å². The molecular weight excluding hydrogens is 312 g/mol. The van der Waals surface area contributed by atoms with E-state index >= 15 is 0 Å². The number of nitrogens with one attached hydrogen (secondary N) is 1. The van der Waals surface area contributed by atoms with Gasteiger partial charge in [0.2, 0.25) is 0 Å². The Labute approximate surface area is 146 Å². The Balaban J connectivity index is 1.80. The number of fused-ring (bicyclic) bond motifs is 1. The molecule has 126 valence electrons. The molecule has 0 bridgehead atoms. The molecule has 25 heavy (non-hydrogen) atoms. The minimum atomic E-state index is 0.627. The molecule has 0 atom stereocenters. The molecule has 0 amide bonds. The van der Waals surface area contributed by atoms with Gasteiger partial charge in [0.15, 0.2) is 5.65 Å². The van der Waals surface area contributed by atoms with Gasteiger partial charge in [0.1, 0.15) is 11.6 Å². The molecule has 0 radical (unpaired) electrons. The van der Waals surface area contributed by atoms with E-state index in [1.54, 1.807) is 6.20 Å². The summed E-state index contributed by atoms with van der Waals surface area (Å²) in [6, 6.07) is 12.3. The minimum absolute atomic E-state index is 0.627. The largest absolute Gasteiger partial charge is 0.363 e. The van der Waals surface area contributed by atoms with E-state index in [9.17, 15) is 0 Å². The van der Waals surface area contributed by atoms with Gasteiger partial charge in [0.25, 0.3) is 0 Å². The zero-order valence-corrected chi connectivity index (χ0v) is 14.6. The van der Waals surface area contributed by atoms with Gasteiger partial charge in [-0.2, -0.15) is 9.61 Å². The van der Waals surface area contributed by atoms with Crippen LogP contribution >= 0.6 is 0 Å². The van der Waals surface area contributed by atoms with Crippen LogP contribution in [0.15, 0.2) is 48.8 Å². The van der Waals surface area contributed by atoms with Crippen LogP contribution in [-0.2, 0) is 13.6 Å². The van der Waals surface area contributed by atoms with Crippen molar-refractivity contribution in [3.63, 3.8) is 0 Å². The smallest absolute Gasteiger partial charge is 0.165 e. The quantitative estimate of drug-likeness (QED) is 0.622. The Morgan fingerprint density at radius 3 is 2.64 bits per heavy atom. The second kappa shape index (κ2) is 6.05. The number of imidazole rings is 1. The van der Waals surface area contributed by atoms with Crippen LogP contribution in [-0.4, -0.2) is 24.1 Å². The van der Waals surface area contributed by atoms with Crippen LogP contribution in [0.3, 0.4) is 0 Å². The summed E-state index contributed by atoms with van der Waals surface area (Å²) >= 11 is 0. The monoisotopic (exact) mass is 332 g/mol. The zero-order chi connectivity index (χ0) is 17.4. The van der Waals surface area contributed by atoms with Crippen molar-refractivity contribution in [1.82, 2.24) is 24.1 Å². The molecule has 4 aromatic rings. The highest BCUT2D eigenvalue weighted by atomic mass is 15.3. The van der Waals surface area contributed by atoms with Gasteiger partial charge in [-0.05, 0) is 19.4 Å². The number of nitrogens with zero attached hydrogens (tertiary/aromatic N) is 5. The molecule has 4 rings (SSSR count). The number of aromatic nitrogens is 5. The summed E-state index contributed by atoms with van der Waals surface area (Å²) in [5.41, 5.74) is 4.98. The van der Waals surface area contributed by atoms with Crippen LogP contribution < -0.4 is 5.32 Å². The van der Waals surface area contributed by atoms with Crippen molar-refractivity contribution in [2.75, 3.05) is 5.32 Å². The molecule has 0 aliphatic rings. The fraction of sp³-hybridized carbons (Fsp3) is 0.211. The van der Waals surface area contributed by atoms with E-state index in [1.165, 1.54) is 0 Å². The normalized spacial score (nSPS) is 11.2. The van der Waals surface area contributed by atoms with Crippen LogP contribution in [0.4, 0.5) is 5.82 Å². The standard InChI is InChI=1S/C19H20N6/c1-13-11-16(21-12-17-20-9-10-24(17)3)25-19(22-13)18(14(2)23-25)15-7-5-4-6-8-15/h4-11,21H,12H2,1-3H3. The number of hydrogen-bond acceptors (Lipinski definition) is 4. The molecule has 3 heterocycles. The Bertz CT molecular complexity index is 1030. The number of benzene rings is 1. The Morgan fingerprint density at radius 1 is 1.12 bits per heavy atom. The van der Waals surface area contributed by atoms with E-state index in [-0.39, 0.29) is 0 Å². The van der Waals surface area contributed by atoms with Gasteiger partial charge < -0.3 is 9.88 Å². The molecule has 0 spiro atoms. The van der Waals surface area contributed by atoms with Gasteiger partial charge in [0.05, 0.1) is 12.2 Å². The summed E-state index contributed by atoms with van der Waals surface area (Å²) in [7, 11) is 1.99. The third kappa shape index (κ3) is 2.76. The van der Waals surface area contributed by atoms with E-state index in [1.807, 2.05) is 60.4 Å². The SMILES string of the molecule is Cc1cc(NCc2nccn2C)n2nc(C)c(-c3ccccc3)c2n1. The number of hydrogen-bond donors (Lipinski definition) is 1. The maximum absolute atomic E-state index is 4.74. The molecule has 0 saturated heterocycles. The summed E-state index contributed by atoms with van der Waals surface area (Å²) in [5.74, 6) is 1.88.